The smallest absolute Gasteiger partial charge is 0.183 e. The van der Waals surface area contributed by atoms with E-state index in [-0.39, 0.29) is 11.5 Å². The van der Waals surface area contributed by atoms with Gasteiger partial charge in [-0.15, -0.1) is 5.10 Å². The maximum atomic E-state index is 9.24. The lowest BCUT2D eigenvalue weighted by Crippen LogP contribution is -2.04. The second-order valence-electron chi connectivity index (χ2n) is 5.17. The number of hydrogen-bond donors (Lipinski definition) is 2. The van der Waals surface area contributed by atoms with Crippen LogP contribution in [0.3, 0.4) is 0 Å². The average molecular weight is 349 g/mol. The summed E-state index contributed by atoms with van der Waals surface area (Å²) >= 11 is 6.32. The van der Waals surface area contributed by atoms with Crippen molar-refractivity contribution in [2.75, 3.05) is 5.73 Å². The van der Waals surface area contributed by atoms with Crippen molar-refractivity contribution >= 4 is 28.3 Å². The highest BCUT2D eigenvalue weighted by molar-refractivity contribution is 6.35. The maximum absolute atomic E-state index is 9.24. The van der Waals surface area contributed by atoms with E-state index in [1.165, 1.54) is 0 Å². The van der Waals surface area contributed by atoms with Crippen LogP contribution in [0.5, 0.6) is 0 Å². The van der Waals surface area contributed by atoms with Crippen LogP contribution in [0.15, 0.2) is 36.7 Å². The molecule has 8 nitrogen and oxygen atoms in total. The molecule has 120 valence electrons. The SMILES string of the molecule is N#Cc1nc(-c2cc(Cl)c3[nH]ncc3c2)c(-c2cccnn2)nc1N. The fourth-order valence-electron chi connectivity index (χ4n) is 2.49. The van der Waals surface area contributed by atoms with Crippen molar-refractivity contribution < 1.29 is 0 Å². The lowest BCUT2D eigenvalue weighted by molar-refractivity contribution is 1.02. The largest absolute Gasteiger partial charge is 0.381 e. The van der Waals surface area contributed by atoms with E-state index in [0.29, 0.717) is 27.7 Å². The minimum atomic E-state index is 0.0300. The summed E-state index contributed by atoms with van der Waals surface area (Å²) in [4.78, 5) is 8.68. The van der Waals surface area contributed by atoms with Crippen LogP contribution >= 0.6 is 11.6 Å². The molecule has 0 radical (unpaired) electrons. The molecule has 0 aliphatic rings. The normalized spacial score (nSPS) is 10.7. The molecule has 3 N–H and O–H groups in total. The van der Waals surface area contributed by atoms with Crippen molar-refractivity contribution in [3.8, 4) is 28.7 Å². The van der Waals surface area contributed by atoms with Gasteiger partial charge in [0.05, 0.1) is 16.7 Å². The van der Waals surface area contributed by atoms with E-state index in [0.717, 1.165) is 10.9 Å². The number of halogens is 1. The van der Waals surface area contributed by atoms with Crippen molar-refractivity contribution in [1.29, 1.82) is 5.26 Å². The number of nitrogen functional groups attached to an aromatic ring is 1. The molecule has 0 unspecified atom stereocenters. The van der Waals surface area contributed by atoms with Crippen LogP contribution in [0.4, 0.5) is 5.82 Å². The first-order valence-electron chi connectivity index (χ1n) is 7.16. The number of nitrogens with zero attached hydrogens (tertiary/aromatic N) is 6. The van der Waals surface area contributed by atoms with Crippen molar-refractivity contribution in [1.82, 2.24) is 30.4 Å². The first-order valence-corrected chi connectivity index (χ1v) is 7.54. The van der Waals surface area contributed by atoms with Crippen molar-refractivity contribution in [2.24, 2.45) is 0 Å². The number of aromatic nitrogens is 6. The minimum Gasteiger partial charge on any atom is -0.381 e. The Kier molecular flexibility index (Phi) is 3.48. The van der Waals surface area contributed by atoms with Gasteiger partial charge in [0.2, 0.25) is 0 Å². The Labute approximate surface area is 146 Å². The van der Waals surface area contributed by atoms with Gasteiger partial charge in [0.15, 0.2) is 11.5 Å². The van der Waals surface area contributed by atoms with Crippen molar-refractivity contribution in [2.45, 2.75) is 0 Å². The molecular weight excluding hydrogens is 340 g/mol. The quantitative estimate of drug-likeness (QED) is 0.569. The van der Waals surface area contributed by atoms with Gasteiger partial charge in [0, 0.05) is 17.1 Å². The van der Waals surface area contributed by atoms with Crippen LogP contribution in [-0.2, 0) is 0 Å². The van der Waals surface area contributed by atoms with Gasteiger partial charge in [-0.1, -0.05) is 11.6 Å². The van der Waals surface area contributed by atoms with Crippen molar-refractivity contribution in [3.63, 3.8) is 0 Å². The third-order valence-electron chi connectivity index (χ3n) is 3.62. The molecule has 4 rings (SSSR count). The van der Waals surface area contributed by atoms with E-state index >= 15 is 0 Å². The Balaban J connectivity index is 2.03. The van der Waals surface area contributed by atoms with Crippen molar-refractivity contribution in [3.05, 3.63) is 47.4 Å². The number of fused-ring (bicyclic) bond motifs is 1. The van der Waals surface area contributed by atoms with E-state index < -0.39 is 0 Å². The van der Waals surface area contributed by atoms with E-state index in [1.54, 1.807) is 30.6 Å². The van der Waals surface area contributed by atoms with Crippen LogP contribution in [0, 0.1) is 11.3 Å². The van der Waals surface area contributed by atoms with Crippen LogP contribution in [0.1, 0.15) is 5.69 Å². The van der Waals surface area contributed by atoms with Gasteiger partial charge in [-0.25, -0.2) is 9.97 Å². The number of nitrogens with two attached hydrogens (primary N) is 1. The lowest BCUT2D eigenvalue weighted by Gasteiger charge is -2.10. The molecule has 25 heavy (non-hydrogen) atoms. The summed E-state index contributed by atoms with van der Waals surface area (Å²) in [5.74, 6) is 0.0300. The zero-order chi connectivity index (χ0) is 17.4. The first kappa shape index (κ1) is 15.0. The summed E-state index contributed by atoms with van der Waals surface area (Å²) < 4.78 is 0. The standard InChI is InChI=1S/C16H9ClN8/c17-10-5-8(4-9-7-21-25-13(9)10)14-15(11-2-1-3-20-24-11)23-16(19)12(6-18)22-14/h1-5,7H,(H2,19,23)(H,21,25). The molecule has 0 aliphatic carbocycles. The van der Waals surface area contributed by atoms with E-state index in [9.17, 15) is 5.26 Å². The highest BCUT2D eigenvalue weighted by Crippen LogP contribution is 2.33. The average Bonchev–Trinajstić information content (AvgIpc) is 3.11. The number of aromatic amines is 1. The zero-order valence-corrected chi connectivity index (χ0v) is 13.4. The Hall–Kier alpha value is -3.57. The van der Waals surface area contributed by atoms with E-state index in [2.05, 4.69) is 30.4 Å². The Morgan fingerprint density at radius 2 is 2.08 bits per heavy atom. The molecule has 3 aromatic heterocycles. The molecule has 0 saturated heterocycles. The number of nitrogens with one attached hydrogen (secondary N) is 1. The number of H-pyrrole nitrogens is 1. The molecule has 1 aromatic carbocycles. The number of hydrogen-bond acceptors (Lipinski definition) is 7. The predicted octanol–water partition coefficient (Wildman–Crippen LogP) is 2.58. The van der Waals surface area contributed by atoms with Crippen LogP contribution < -0.4 is 5.73 Å². The predicted molar refractivity (Wildman–Crippen MR) is 92.3 cm³/mol. The molecule has 0 amide bonds. The van der Waals surface area contributed by atoms with Gasteiger partial charge < -0.3 is 5.73 Å². The third-order valence-corrected chi connectivity index (χ3v) is 3.92. The molecule has 0 atom stereocenters. The molecule has 0 bridgehead atoms. The second kappa shape index (κ2) is 5.81. The highest BCUT2D eigenvalue weighted by Gasteiger charge is 2.18. The topological polar surface area (TPSA) is 130 Å². The molecule has 9 heteroatoms. The van der Waals surface area contributed by atoms with E-state index in [4.69, 9.17) is 17.3 Å². The lowest BCUT2D eigenvalue weighted by atomic mass is 10.1. The van der Waals surface area contributed by atoms with Crippen LogP contribution in [-0.4, -0.2) is 30.4 Å². The second-order valence-corrected chi connectivity index (χ2v) is 5.57. The maximum Gasteiger partial charge on any atom is 0.183 e. The molecule has 0 spiro atoms. The summed E-state index contributed by atoms with van der Waals surface area (Å²) in [5.41, 5.74) is 8.61. The Morgan fingerprint density at radius 1 is 1.20 bits per heavy atom. The third kappa shape index (κ3) is 2.52. The number of rotatable bonds is 2. The molecule has 0 saturated carbocycles. The van der Waals surface area contributed by atoms with Gasteiger partial charge in [-0.2, -0.15) is 15.5 Å². The summed E-state index contributed by atoms with van der Waals surface area (Å²) in [6.07, 6.45) is 3.21. The molecule has 3 heterocycles. The fraction of sp³-hybridized carbons (Fsp3) is 0. The zero-order valence-electron chi connectivity index (χ0n) is 12.6. The summed E-state index contributed by atoms with van der Waals surface area (Å²) in [6.45, 7) is 0. The highest BCUT2D eigenvalue weighted by atomic mass is 35.5. The summed E-state index contributed by atoms with van der Waals surface area (Å²) in [6, 6.07) is 8.99. The molecule has 0 aliphatic heterocycles. The summed E-state index contributed by atoms with van der Waals surface area (Å²) in [5, 5.41) is 25.3. The van der Waals surface area contributed by atoms with E-state index in [1.807, 2.05) is 12.1 Å². The molecular formula is C16H9ClN8. The van der Waals surface area contributed by atoms with Crippen LogP contribution in [0.25, 0.3) is 33.5 Å². The molecule has 0 fully saturated rings. The number of anilines is 1. The number of benzene rings is 1. The Bertz CT molecular complexity index is 1130. The summed E-state index contributed by atoms with van der Waals surface area (Å²) in [7, 11) is 0. The number of nitriles is 1. The Morgan fingerprint density at radius 3 is 2.84 bits per heavy atom. The van der Waals surface area contributed by atoms with Gasteiger partial charge in [-0.05, 0) is 24.3 Å². The van der Waals surface area contributed by atoms with Gasteiger partial charge >= 0.3 is 0 Å². The fourth-order valence-corrected chi connectivity index (χ4v) is 2.76. The monoisotopic (exact) mass is 348 g/mol. The van der Waals surface area contributed by atoms with Crippen LogP contribution in [0.2, 0.25) is 5.02 Å². The van der Waals surface area contributed by atoms with Gasteiger partial charge in [0.25, 0.3) is 0 Å². The first-order chi connectivity index (χ1) is 12.2. The minimum absolute atomic E-state index is 0.0300. The van der Waals surface area contributed by atoms with Gasteiger partial charge in [0.1, 0.15) is 23.2 Å². The van der Waals surface area contributed by atoms with Gasteiger partial charge in [-0.3, -0.25) is 5.10 Å². The molecule has 4 aromatic rings.